The zero-order valence-corrected chi connectivity index (χ0v) is 18.9. The van der Waals surface area contributed by atoms with E-state index in [1.165, 1.54) is 36.3 Å². The fourth-order valence-electron chi connectivity index (χ4n) is 3.84. The van der Waals surface area contributed by atoms with Crippen molar-refractivity contribution in [1.29, 1.82) is 0 Å². The van der Waals surface area contributed by atoms with E-state index in [4.69, 9.17) is 4.74 Å². The molecule has 1 atom stereocenters. The second-order valence-electron chi connectivity index (χ2n) is 7.36. The van der Waals surface area contributed by atoms with Crippen molar-refractivity contribution in [3.05, 3.63) is 99.3 Å². The highest BCUT2D eigenvalue weighted by Crippen LogP contribution is 2.43. The van der Waals surface area contributed by atoms with Crippen molar-refractivity contribution in [2.24, 2.45) is 0 Å². The number of hydrogen-bond acceptors (Lipinski definition) is 4. The van der Waals surface area contributed by atoms with Gasteiger partial charge in [0, 0.05) is 11.3 Å². The van der Waals surface area contributed by atoms with Crippen LogP contribution in [-0.4, -0.2) is 23.9 Å². The maximum Gasteiger partial charge on any atom is 0.300 e. The summed E-state index contributed by atoms with van der Waals surface area (Å²) in [7, 11) is 1.52. The van der Waals surface area contributed by atoms with Gasteiger partial charge in [0.1, 0.15) is 17.3 Å². The third-order valence-corrected chi connectivity index (χ3v) is 6.05. The lowest BCUT2D eigenvalue weighted by Gasteiger charge is -2.26. The van der Waals surface area contributed by atoms with Crippen molar-refractivity contribution >= 4 is 39.1 Å². The Balaban J connectivity index is 1.95. The van der Waals surface area contributed by atoms with Gasteiger partial charge in [0.05, 0.1) is 23.2 Å². The monoisotopic (exact) mass is 495 g/mol. The summed E-state index contributed by atoms with van der Waals surface area (Å²) < 4.78 is 19.4. The Bertz CT molecular complexity index is 1250. The number of carbonyl (C=O) groups excluding carboxylic acids is 2. The number of para-hydroxylation sites is 1. The van der Waals surface area contributed by atoms with Gasteiger partial charge >= 0.3 is 0 Å². The molecular formula is C25H19BrFNO4. The summed E-state index contributed by atoms with van der Waals surface area (Å²) in [6.07, 6.45) is 0. The molecule has 0 spiro atoms. The average molecular weight is 496 g/mol. The van der Waals surface area contributed by atoms with Crippen LogP contribution in [0.2, 0.25) is 0 Å². The Morgan fingerprint density at radius 2 is 1.75 bits per heavy atom. The number of anilines is 1. The molecule has 1 N–H and O–H groups in total. The number of aliphatic hydroxyl groups excluding tert-OH is 1. The summed E-state index contributed by atoms with van der Waals surface area (Å²) in [6.45, 7) is 1.83. The molecule has 0 saturated carbocycles. The van der Waals surface area contributed by atoms with Gasteiger partial charge < -0.3 is 9.84 Å². The molecule has 0 aliphatic carbocycles. The average Bonchev–Trinajstić information content (AvgIpc) is 3.04. The molecule has 32 heavy (non-hydrogen) atoms. The van der Waals surface area contributed by atoms with E-state index in [-0.39, 0.29) is 11.3 Å². The van der Waals surface area contributed by atoms with Crippen LogP contribution in [0.25, 0.3) is 5.76 Å². The number of aliphatic hydroxyl groups is 1. The summed E-state index contributed by atoms with van der Waals surface area (Å²) in [5, 5.41) is 11.2. The molecule has 3 aromatic carbocycles. The maximum absolute atomic E-state index is 13.6. The Hall–Kier alpha value is -3.45. The van der Waals surface area contributed by atoms with Crippen molar-refractivity contribution in [2.45, 2.75) is 13.0 Å². The number of hydrogen-bond donors (Lipinski definition) is 1. The molecule has 0 bridgehead atoms. The van der Waals surface area contributed by atoms with Crippen LogP contribution in [0.1, 0.15) is 22.7 Å². The number of ketones is 1. The highest BCUT2D eigenvalue weighted by atomic mass is 79.9. The number of nitrogens with zero attached hydrogens (tertiary/aromatic N) is 1. The minimum Gasteiger partial charge on any atom is -0.507 e. The van der Waals surface area contributed by atoms with Gasteiger partial charge in [0.2, 0.25) is 0 Å². The maximum atomic E-state index is 13.6. The minimum atomic E-state index is -0.919. The SMILES string of the molecule is COc1ccc(/C(O)=C2/C(=O)C(=O)N(c3ccccc3C)C2c2ccc(F)cc2)cc1Br. The summed E-state index contributed by atoms with van der Waals surface area (Å²) >= 11 is 3.37. The number of Topliss-reactive ketones (excluding diaryl/α,β-unsaturated/α-hetero) is 1. The van der Waals surface area contributed by atoms with Crippen LogP contribution < -0.4 is 9.64 Å². The quantitative estimate of drug-likeness (QED) is 0.293. The van der Waals surface area contributed by atoms with E-state index in [0.717, 1.165) is 5.56 Å². The molecule has 1 saturated heterocycles. The number of aryl methyl sites for hydroxylation is 1. The fraction of sp³-hybridized carbons (Fsp3) is 0.120. The largest absolute Gasteiger partial charge is 0.507 e. The molecule has 4 rings (SSSR count). The van der Waals surface area contributed by atoms with E-state index in [1.807, 2.05) is 19.1 Å². The van der Waals surface area contributed by atoms with Crippen LogP contribution in [0.5, 0.6) is 5.75 Å². The van der Waals surface area contributed by atoms with Crippen LogP contribution in [0.4, 0.5) is 10.1 Å². The van der Waals surface area contributed by atoms with Crippen LogP contribution >= 0.6 is 15.9 Å². The summed E-state index contributed by atoms with van der Waals surface area (Å²) in [4.78, 5) is 27.7. The normalized spacial score (nSPS) is 17.6. The first-order valence-electron chi connectivity index (χ1n) is 9.79. The highest BCUT2D eigenvalue weighted by Gasteiger charge is 2.47. The van der Waals surface area contributed by atoms with Crippen molar-refractivity contribution in [2.75, 3.05) is 12.0 Å². The Morgan fingerprint density at radius 1 is 1.06 bits per heavy atom. The van der Waals surface area contributed by atoms with Gasteiger partial charge in [-0.2, -0.15) is 0 Å². The second-order valence-corrected chi connectivity index (χ2v) is 8.21. The predicted octanol–water partition coefficient (Wildman–Crippen LogP) is 5.53. The third kappa shape index (κ3) is 3.69. The number of halogens is 2. The van der Waals surface area contributed by atoms with Crippen molar-refractivity contribution in [1.82, 2.24) is 0 Å². The van der Waals surface area contributed by atoms with Crippen LogP contribution in [-0.2, 0) is 9.59 Å². The molecule has 1 unspecified atom stereocenters. The summed E-state index contributed by atoms with van der Waals surface area (Å²) in [5.41, 5.74) is 2.10. The smallest absolute Gasteiger partial charge is 0.300 e. The van der Waals surface area contributed by atoms with Crippen LogP contribution in [0.3, 0.4) is 0 Å². The van der Waals surface area contributed by atoms with Crippen molar-refractivity contribution in [3.8, 4) is 5.75 Å². The summed E-state index contributed by atoms with van der Waals surface area (Å²) in [6, 6.07) is 16.6. The molecule has 5 nitrogen and oxygen atoms in total. The molecule has 0 radical (unpaired) electrons. The Morgan fingerprint density at radius 3 is 2.38 bits per heavy atom. The lowest BCUT2D eigenvalue weighted by Crippen LogP contribution is -2.30. The molecule has 162 valence electrons. The van der Waals surface area contributed by atoms with E-state index < -0.39 is 23.5 Å². The molecule has 7 heteroatoms. The van der Waals surface area contributed by atoms with E-state index in [9.17, 15) is 19.1 Å². The number of rotatable bonds is 4. The fourth-order valence-corrected chi connectivity index (χ4v) is 4.39. The van der Waals surface area contributed by atoms with Gasteiger partial charge in [-0.25, -0.2) is 4.39 Å². The Labute approximate surface area is 192 Å². The molecular weight excluding hydrogens is 477 g/mol. The van der Waals surface area contributed by atoms with E-state index in [0.29, 0.717) is 27.0 Å². The number of benzene rings is 3. The van der Waals surface area contributed by atoms with Crippen LogP contribution in [0, 0.1) is 12.7 Å². The summed E-state index contributed by atoms with van der Waals surface area (Å²) in [5.74, 6) is -1.79. The zero-order valence-electron chi connectivity index (χ0n) is 17.3. The minimum absolute atomic E-state index is 0.0677. The van der Waals surface area contributed by atoms with Crippen molar-refractivity contribution in [3.63, 3.8) is 0 Å². The van der Waals surface area contributed by atoms with Gasteiger partial charge in [-0.05, 0) is 70.4 Å². The molecule has 1 heterocycles. The zero-order chi connectivity index (χ0) is 23.0. The first-order valence-corrected chi connectivity index (χ1v) is 10.6. The van der Waals surface area contributed by atoms with E-state index in [2.05, 4.69) is 15.9 Å². The second kappa shape index (κ2) is 8.59. The first kappa shape index (κ1) is 21.8. The molecule has 0 aromatic heterocycles. The van der Waals surface area contributed by atoms with Gasteiger partial charge in [-0.15, -0.1) is 0 Å². The lowest BCUT2D eigenvalue weighted by molar-refractivity contribution is -0.132. The predicted molar refractivity (Wildman–Crippen MR) is 123 cm³/mol. The number of ether oxygens (including phenoxy) is 1. The van der Waals surface area contributed by atoms with Gasteiger partial charge in [0.15, 0.2) is 0 Å². The van der Waals surface area contributed by atoms with E-state index >= 15 is 0 Å². The molecule has 1 amide bonds. The standard InChI is InChI=1S/C25H19BrFNO4/c1-14-5-3-4-6-19(14)28-22(15-7-10-17(27)11-8-15)21(24(30)25(28)31)23(29)16-9-12-20(32-2)18(26)13-16/h3-13,22,29H,1-2H3/b23-21-. The molecule has 1 aliphatic heterocycles. The number of carbonyl (C=O) groups is 2. The van der Waals surface area contributed by atoms with E-state index in [1.54, 1.807) is 30.3 Å². The number of amides is 1. The van der Waals surface area contributed by atoms with Crippen LogP contribution in [0.15, 0.2) is 76.8 Å². The van der Waals surface area contributed by atoms with Gasteiger partial charge in [-0.1, -0.05) is 30.3 Å². The van der Waals surface area contributed by atoms with Crippen molar-refractivity contribution < 1.29 is 23.8 Å². The topological polar surface area (TPSA) is 66.8 Å². The molecule has 3 aromatic rings. The third-order valence-electron chi connectivity index (χ3n) is 5.43. The first-order chi connectivity index (χ1) is 15.3. The van der Waals surface area contributed by atoms with Gasteiger partial charge in [-0.3, -0.25) is 14.5 Å². The Kier molecular flexibility index (Phi) is 5.84. The lowest BCUT2D eigenvalue weighted by atomic mass is 9.95. The highest BCUT2D eigenvalue weighted by molar-refractivity contribution is 9.10. The number of methoxy groups -OCH3 is 1. The van der Waals surface area contributed by atoms with Gasteiger partial charge in [0.25, 0.3) is 11.7 Å². The molecule has 1 fully saturated rings. The molecule has 1 aliphatic rings.